The van der Waals surface area contributed by atoms with E-state index in [2.05, 4.69) is 20.6 Å². The molecule has 0 saturated carbocycles. The highest BCUT2D eigenvalue weighted by Crippen LogP contribution is 2.26. The Morgan fingerprint density at radius 2 is 1.90 bits per heavy atom. The van der Waals surface area contributed by atoms with Crippen molar-refractivity contribution in [2.75, 3.05) is 24.5 Å². The van der Waals surface area contributed by atoms with Crippen LogP contribution in [0.25, 0.3) is 11.2 Å². The Hall–Kier alpha value is -4.06. The second kappa shape index (κ2) is 11.8. The number of aryl methyl sites for hydroxylation is 1. The molecule has 7 nitrogen and oxygen atoms in total. The SMILES string of the molecule is C[C@H](NC(=O)CCc1nc2cccnc2n1Cc1ccc(F)c(F)c1)c1ccc(N2CCNC(C(F)(F)F)C2)cc1. The van der Waals surface area contributed by atoms with Crippen molar-refractivity contribution in [1.82, 2.24) is 25.2 Å². The van der Waals surface area contributed by atoms with E-state index in [4.69, 9.17) is 0 Å². The van der Waals surface area contributed by atoms with Crippen LogP contribution in [0.15, 0.2) is 60.8 Å². The summed E-state index contributed by atoms with van der Waals surface area (Å²) in [6.07, 6.45) is -2.27. The molecule has 2 aromatic carbocycles. The van der Waals surface area contributed by atoms with Gasteiger partial charge in [-0.1, -0.05) is 18.2 Å². The van der Waals surface area contributed by atoms with Gasteiger partial charge in [0, 0.05) is 44.4 Å². The number of fused-ring (bicyclic) bond motifs is 1. The summed E-state index contributed by atoms with van der Waals surface area (Å²) in [6, 6.07) is 12.5. The van der Waals surface area contributed by atoms with E-state index in [1.54, 1.807) is 52.1 Å². The van der Waals surface area contributed by atoms with Crippen LogP contribution in [0, 0.1) is 11.6 Å². The van der Waals surface area contributed by atoms with Crippen LogP contribution in [0.5, 0.6) is 0 Å². The first-order valence-corrected chi connectivity index (χ1v) is 13.3. The van der Waals surface area contributed by atoms with Gasteiger partial charge in [0.1, 0.15) is 17.4 Å². The number of amides is 1. The Kier molecular flexibility index (Phi) is 8.20. The molecular formula is C29H29F5N6O. The molecule has 1 unspecified atom stereocenters. The van der Waals surface area contributed by atoms with E-state index in [1.165, 1.54) is 6.07 Å². The van der Waals surface area contributed by atoms with Gasteiger partial charge in [-0.25, -0.2) is 18.7 Å². The molecule has 1 aliphatic heterocycles. The number of carbonyl (C=O) groups is 1. The fraction of sp³-hybridized carbons (Fsp3) is 0.345. The Bertz CT molecular complexity index is 1520. The molecule has 41 heavy (non-hydrogen) atoms. The third-order valence-corrected chi connectivity index (χ3v) is 7.19. The van der Waals surface area contributed by atoms with Gasteiger partial charge in [0.25, 0.3) is 0 Å². The fourth-order valence-electron chi connectivity index (χ4n) is 4.98. The minimum Gasteiger partial charge on any atom is -0.368 e. The normalized spacial score (nSPS) is 16.6. The molecule has 0 radical (unpaired) electrons. The molecule has 2 atom stereocenters. The lowest BCUT2D eigenvalue weighted by atomic mass is 10.1. The molecule has 0 spiro atoms. The summed E-state index contributed by atoms with van der Waals surface area (Å²) in [7, 11) is 0. The summed E-state index contributed by atoms with van der Waals surface area (Å²) in [4.78, 5) is 23.5. The van der Waals surface area contributed by atoms with Gasteiger partial charge < -0.3 is 20.1 Å². The van der Waals surface area contributed by atoms with Crippen molar-refractivity contribution in [3.63, 3.8) is 0 Å². The molecule has 1 saturated heterocycles. The van der Waals surface area contributed by atoms with Gasteiger partial charge in [-0.15, -0.1) is 0 Å². The van der Waals surface area contributed by atoms with Gasteiger partial charge in [0.15, 0.2) is 17.3 Å². The molecule has 1 amide bonds. The van der Waals surface area contributed by atoms with Crippen molar-refractivity contribution in [2.45, 2.75) is 44.6 Å². The monoisotopic (exact) mass is 572 g/mol. The predicted molar refractivity (Wildman–Crippen MR) is 144 cm³/mol. The molecule has 1 fully saturated rings. The number of rotatable bonds is 8. The highest BCUT2D eigenvalue weighted by molar-refractivity contribution is 5.77. The number of pyridine rings is 1. The average molecular weight is 573 g/mol. The smallest absolute Gasteiger partial charge is 0.368 e. The summed E-state index contributed by atoms with van der Waals surface area (Å²) in [5.74, 6) is -1.50. The van der Waals surface area contributed by atoms with Gasteiger partial charge in [-0.2, -0.15) is 13.2 Å². The molecule has 0 aliphatic carbocycles. The maximum atomic E-state index is 13.8. The number of halogens is 5. The number of piperazine rings is 1. The molecule has 2 N–H and O–H groups in total. The molecule has 5 rings (SSSR count). The molecule has 2 aromatic heterocycles. The van der Waals surface area contributed by atoms with Crippen LogP contribution in [-0.2, 0) is 17.8 Å². The number of hydrogen-bond acceptors (Lipinski definition) is 5. The molecule has 3 heterocycles. The topological polar surface area (TPSA) is 75.1 Å². The van der Waals surface area contributed by atoms with E-state index >= 15 is 0 Å². The summed E-state index contributed by atoms with van der Waals surface area (Å²) in [5.41, 5.74) is 3.25. The average Bonchev–Trinajstić information content (AvgIpc) is 3.30. The van der Waals surface area contributed by atoms with Gasteiger partial charge in [0.05, 0.1) is 12.6 Å². The standard InChI is InChI=1S/C29H29F5N6O/c1-18(20-5-7-21(8-6-20)39-14-13-35-25(17-39)29(32,33)34)37-27(41)11-10-26-38-24-3-2-12-36-28(24)40(26)16-19-4-9-22(30)23(31)15-19/h2-9,12,15,18,25,35H,10-11,13-14,16-17H2,1H3,(H,37,41)/t18-,25?/m0/s1. The molecule has 216 valence electrons. The first kappa shape index (κ1) is 28.5. The van der Waals surface area contributed by atoms with Gasteiger partial charge in [-0.05, 0) is 54.4 Å². The van der Waals surface area contributed by atoms with Crippen LogP contribution >= 0.6 is 0 Å². The Labute approximate surface area is 233 Å². The van der Waals surface area contributed by atoms with Gasteiger partial charge >= 0.3 is 6.18 Å². The summed E-state index contributed by atoms with van der Waals surface area (Å²) in [6.45, 7) is 2.59. The molecule has 4 aromatic rings. The molecular weight excluding hydrogens is 543 g/mol. The number of nitrogens with one attached hydrogen (secondary N) is 2. The number of anilines is 1. The number of benzene rings is 2. The third kappa shape index (κ3) is 6.64. The Morgan fingerprint density at radius 1 is 1.12 bits per heavy atom. The Balaban J connectivity index is 1.21. The zero-order valence-electron chi connectivity index (χ0n) is 22.3. The van der Waals surface area contributed by atoms with Crippen molar-refractivity contribution in [2.24, 2.45) is 0 Å². The zero-order valence-corrected chi connectivity index (χ0v) is 22.3. The van der Waals surface area contributed by atoms with E-state index in [9.17, 15) is 26.7 Å². The van der Waals surface area contributed by atoms with Crippen LogP contribution in [-0.4, -0.2) is 52.3 Å². The summed E-state index contributed by atoms with van der Waals surface area (Å²) >= 11 is 0. The van der Waals surface area contributed by atoms with Crippen molar-refractivity contribution in [3.8, 4) is 0 Å². The van der Waals surface area contributed by atoms with Crippen LogP contribution in [0.1, 0.15) is 36.3 Å². The molecule has 1 aliphatic rings. The summed E-state index contributed by atoms with van der Waals surface area (Å²) in [5, 5.41) is 5.46. The van der Waals surface area contributed by atoms with E-state index in [0.717, 1.165) is 17.7 Å². The van der Waals surface area contributed by atoms with Crippen molar-refractivity contribution in [3.05, 3.63) is 89.4 Å². The minimum absolute atomic E-state index is 0.128. The lowest BCUT2D eigenvalue weighted by molar-refractivity contribution is -0.155. The predicted octanol–water partition coefficient (Wildman–Crippen LogP) is 4.91. The van der Waals surface area contributed by atoms with E-state index in [1.807, 2.05) is 6.92 Å². The summed E-state index contributed by atoms with van der Waals surface area (Å²) < 4.78 is 68.4. The largest absolute Gasteiger partial charge is 0.405 e. The number of imidazole rings is 1. The third-order valence-electron chi connectivity index (χ3n) is 7.19. The van der Waals surface area contributed by atoms with Crippen LogP contribution < -0.4 is 15.5 Å². The number of hydrogen-bond donors (Lipinski definition) is 2. The lowest BCUT2D eigenvalue weighted by Gasteiger charge is -2.36. The first-order chi connectivity index (χ1) is 19.6. The quantitative estimate of drug-likeness (QED) is 0.294. The van der Waals surface area contributed by atoms with Crippen molar-refractivity contribution >= 4 is 22.8 Å². The minimum atomic E-state index is -4.31. The van der Waals surface area contributed by atoms with E-state index in [-0.39, 0.29) is 38.0 Å². The number of aromatic nitrogens is 3. The van der Waals surface area contributed by atoms with Crippen LogP contribution in [0.2, 0.25) is 0 Å². The zero-order chi connectivity index (χ0) is 29.1. The highest BCUT2D eigenvalue weighted by Gasteiger charge is 2.42. The van der Waals surface area contributed by atoms with E-state index in [0.29, 0.717) is 41.2 Å². The van der Waals surface area contributed by atoms with Gasteiger partial charge in [0.2, 0.25) is 5.91 Å². The molecule has 12 heteroatoms. The second-order valence-electron chi connectivity index (χ2n) is 10.1. The number of nitrogens with zero attached hydrogens (tertiary/aromatic N) is 4. The number of carbonyl (C=O) groups excluding carboxylic acids is 1. The fourth-order valence-corrected chi connectivity index (χ4v) is 4.98. The highest BCUT2D eigenvalue weighted by atomic mass is 19.4. The Morgan fingerprint density at radius 3 is 2.63 bits per heavy atom. The van der Waals surface area contributed by atoms with Crippen LogP contribution in [0.4, 0.5) is 27.6 Å². The van der Waals surface area contributed by atoms with Crippen molar-refractivity contribution in [1.29, 1.82) is 0 Å². The van der Waals surface area contributed by atoms with Crippen molar-refractivity contribution < 1.29 is 26.7 Å². The lowest BCUT2D eigenvalue weighted by Crippen LogP contribution is -2.57. The number of alkyl halides is 3. The first-order valence-electron chi connectivity index (χ1n) is 13.3. The maximum absolute atomic E-state index is 13.8. The van der Waals surface area contributed by atoms with E-state index < -0.39 is 23.9 Å². The van der Waals surface area contributed by atoms with Crippen LogP contribution in [0.3, 0.4) is 0 Å². The molecule has 0 bridgehead atoms. The van der Waals surface area contributed by atoms with Gasteiger partial charge in [-0.3, -0.25) is 4.79 Å². The maximum Gasteiger partial charge on any atom is 0.405 e. The second-order valence-corrected chi connectivity index (χ2v) is 10.1.